The molecular weight excluding hydrogens is 126 g/mol. The number of aromatic hydroxyl groups is 2. The predicted octanol–water partition coefficient (Wildman–Crippen LogP) is -2.60. The summed E-state index contributed by atoms with van der Waals surface area (Å²) in [5.74, 6) is -1.65. The van der Waals surface area contributed by atoms with Crippen molar-refractivity contribution in [2.45, 2.75) is 0 Å². The molecule has 0 aliphatic rings. The molecule has 0 radical (unpaired) electrons. The molecule has 4 nitrogen and oxygen atoms in total. The first-order valence-corrected chi connectivity index (χ1v) is 1.86. The quantitative estimate of drug-likeness (QED) is 0.298. The topological polar surface area (TPSA) is 74.6 Å². The van der Waals surface area contributed by atoms with Gasteiger partial charge < -0.3 is 10.2 Å². The summed E-state index contributed by atoms with van der Waals surface area (Å²) in [5.41, 5.74) is -2.02. The Bertz CT molecular complexity index is 255. The van der Waals surface area contributed by atoms with Crippen LogP contribution in [0.3, 0.4) is 0 Å². The van der Waals surface area contributed by atoms with Gasteiger partial charge in [0.2, 0.25) is 11.5 Å². The molecule has 1 aromatic rings. The van der Waals surface area contributed by atoms with Crippen molar-refractivity contribution in [2.75, 3.05) is 0 Å². The van der Waals surface area contributed by atoms with E-state index in [0.717, 1.165) is 0 Å². The third kappa shape index (κ3) is 1.48. The van der Waals surface area contributed by atoms with Crippen molar-refractivity contribution in [1.29, 1.82) is 0 Å². The Kier molecular flexibility index (Phi) is 4.89. The molecule has 1 aromatic carbocycles. The summed E-state index contributed by atoms with van der Waals surface area (Å²) < 4.78 is 0. The molecule has 0 heterocycles. The van der Waals surface area contributed by atoms with Crippen LogP contribution in [0.15, 0.2) is 9.59 Å². The first kappa shape index (κ1) is 12.5. The Morgan fingerprint density at radius 2 is 1.00 bits per heavy atom. The molecular formula is C4H4Li2O4. The number of rotatable bonds is 0. The van der Waals surface area contributed by atoms with E-state index in [1.807, 2.05) is 0 Å². The van der Waals surface area contributed by atoms with E-state index in [1.165, 1.54) is 0 Å². The molecule has 0 aromatic heterocycles. The van der Waals surface area contributed by atoms with Gasteiger partial charge in [0.05, 0.1) is 0 Å². The summed E-state index contributed by atoms with van der Waals surface area (Å²) in [5, 5.41) is 16.4. The molecule has 0 unspecified atom stereocenters. The van der Waals surface area contributed by atoms with Crippen molar-refractivity contribution in [2.24, 2.45) is 0 Å². The standard InChI is InChI=1S/C4H2O4.2Li.2H/c5-1-2(6)4(8)3(1)7;;;;/h5-6H;;;;. The fraction of sp³-hybridized carbons (Fsp3) is 0. The van der Waals surface area contributed by atoms with Crippen molar-refractivity contribution in [3.05, 3.63) is 20.4 Å². The fourth-order valence-corrected chi connectivity index (χ4v) is 0.368. The zero-order chi connectivity index (χ0) is 6.31. The normalized spacial score (nSPS) is 8.00. The van der Waals surface area contributed by atoms with Crippen molar-refractivity contribution < 1.29 is 10.2 Å². The average Bonchev–Trinajstić information content (AvgIpc) is 1.83. The predicted molar refractivity (Wildman–Crippen MR) is 39.0 cm³/mol. The van der Waals surface area contributed by atoms with Gasteiger partial charge in [-0.25, -0.2) is 0 Å². The Morgan fingerprint density at radius 3 is 1.10 bits per heavy atom. The van der Waals surface area contributed by atoms with E-state index in [2.05, 4.69) is 0 Å². The van der Waals surface area contributed by atoms with Crippen molar-refractivity contribution >= 4 is 37.7 Å². The molecule has 0 saturated carbocycles. The van der Waals surface area contributed by atoms with Gasteiger partial charge in [0.25, 0.3) is 10.9 Å². The monoisotopic (exact) mass is 130 g/mol. The van der Waals surface area contributed by atoms with Crippen LogP contribution in [0.1, 0.15) is 0 Å². The van der Waals surface area contributed by atoms with Crippen LogP contribution in [0.4, 0.5) is 0 Å². The first-order chi connectivity index (χ1) is 3.64. The van der Waals surface area contributed by atoms with E-state index in [1.54, 1.807) is 0 Å². The van der Waals surface area contributed by atoms with Gasteiger partial charge in [-0.1, -0.05) is 0 Å². The van der Waals surface area contributed by atoms with E-state index in [9.17, 15) is 9.59 Å². The number of hydrogen-bond acceptors (Lipinski definition) is 4. The molecule has 10 heavy (non-hydrogen) atoms. The maximum absolute atomic E-state index is 9.95. The summed E-state index contributed by atoms with van der Waals surface area (Å²) in [6.07, 6.45) is 0. The van der Waals surface area contributed by atoms with E-state index >= 15 is 0 Å². The molecule has 0 amide bonds. The van der Waals surface area contributed by atoms with Gasteiger partial charge in [-0.3, -0.25) is 9.59 Å². The van der Waals surface area contributed by atoms with Crippen molar-refractivity contribution in [3.8, 4) is 11.5 Å². The maximum atomic E-state index is 9.95. The van der Waals surface area contributed by atoms with Gasteiger partial charge in [0.1, 0.15) is 0 Å². The minimum absolute atomic E-state index is 0. The second-order valence-electron chi connectivity index (χ2n) is 1.36. The molecule has 1 rings (SSSR count). The van der Waals surface area contributed by atoms with Crippen LogP contribution >= 0.6 is 0 Å². The van der Waals surface area contributed by atoms with E-state index in [0.29, 0.717) is 0 Å². The zero-order valence-electron chi connectivity index (χ0n) is 3.71. The van der Waals surface area contributed by atoms with Crippen LogP contribution in [0, 0.1) is 0 Å². The molecule has 0 bridgehead atoms. The Morgan fingerprint density at radius 1 is 0.800 bits per heavy atom. The zero-order valence-corrected chi connectivity index (χ0v) is 3.71. The van der Waals surface area contributed by atoms with Crippen LogP contribution in [-0.2, 0) is 0 Å². The minimum atomic E-state index is -1.01. The molecule has 0 atom stereocenters. The molecule has 0 spiro atoms. The van der Waals surface area contributed by atoms with Crippen LogP contribution in [0.25, 0.3) is 0 Å². The third-order valence-corrected chi connectivity index (χ3v) is 0.861. The van der Waals surface area contributed by atoms with Crippen LogP contribution in [0.5, 0.6) is 11.5 Å². The summed E-state index contributed by atoms with van der Waals surface area (Å²) >= 11 is 0. The van der Waals surface area contributed by atoms with Crippen molar-refractivity contribution in [3.63, 3.8) is 0 Å². The molecule has 0 aliphatic carbocycles. The SMILES string of the molecule is O=c1c(O)c(O)c1=O.[LiH].[LiH]. The fourth-order valence-electron chi connectivity index (χ4n) is 0.368. The summed E-state index contributed by atoms with van der Waals surface area (Å²) in [6, 6.07) is 0. The van der Waals surface area contributed by atoms with Gasteiger partial charge in [-0.2, -0.15) is 0 Å². The average molecular weight is 130 g/mol. The summed E-state index contributed by atoms with van der Waals surface area (Å²) in [4.78, 5) is 19.9. The Labute approximate surface area is 79.9 Å². The Hall–Kier alpha value is -0.125. The number of hydrogen-bond donors (Lipinski definition) is 2. The third-order valence-electron chi connectivity index (χ3n) is 0.861. The summed E-state index contributed by atoms with van der Waals surface area (Å²) in [7, 11) is 0. The second-order valence-corrected chi connectivity index (χ2v) is 1.36. The van der Waals surface area contributed by atoms with Gasteiger partial charge in [0, 0.05) is 0 Å². The van der Waals surface area contributed by atoms with Crippen LogP contribution in [0.2, 0.25) is 0 Å². The Balaban J connectivity index is 0. The molecule has 46 valence electrons. The van der Waals surface area contributed by atoms with Crippen LogP contribution in [-0.4, -0.2) is 47.9 Å². The van der Waals surface area contributed by atoms with E-state index in [-0.39, 0.29) is 37.7 Å². The first-order valence-electron chi connectivity index (χ1n) is 1.86. The molecule has 0 aliphatic heterocycles. The van der Waals surface area contributed by atoms with E-state index in [4.69, 9.17) is 10.2 Å². The van der Waals surface area contributed by atoms with Gasteiger partial charge in [-0.05, 0) is 0 Å². The molecule has 6 heteroatoms. The van der Waals surface area contributed by atoms with Gasteiger partial charge in [0.15, 0.2) is 0 Å². The van der Waals surface area contributed by atoms with Crippen molar-refractivity contribution in [1.82, 2.24) is 0 Å². The van der Waals surface area contributed by atoms with Gasteiger partial charge >= 0.3 is 37.7 Å². The molecule has 0 fully saturated rings. The van der Waals surface area contributed by atoms with Crippen LogP contribution < -0.4 is 10.9 Å². The van der Waals surface area contributed by atoms with E-state index < -0.39 is 22.4 Å². The second kappa shape index (κ2) is 3.90. The molecule has 2 N–H and O–H groups in total. The summed E-state index contributed by atoms with van der Waals surface area (Å²) in [6.45, 7) is 0. The van der Waals surface area contributed by atoms with Gasteiger partial charge in [-0.15, -0.1) is 0 Å². The molecule has 0 saturated heterocycles.